The zero-order valence-electron chi connectivity index (χ0n) is 10.1. The fourth-order valence-corrected chi connectivity index (χ4v) is 2.26. The van der Waals surface area contributed by atoms with Gasteiger partial charge in [-0.3, -0.25) is 4.79 Å². The Hall–Kier alpha value is -1.09. The zero-order valence-corrected chi connectivity index (χ0v) is 10.1. The van der Waals surface area contributed by atoms with Gasteiger partial charge in [-0.25, -0.2) is 0 Å². The predicted molar refractivity (Wildman–Crippen MR) is 65.5 cm³/mol. The van der Waals surface area contributed by atoms with Crippen LogP contribution in [0.3, 0.4) is 0 Å². The van der Waals surface area contributed by atoms with Crippen molar-refractivity contribution in [1.29, 1.82) is 0 Å². The summed E-state index contributed by atoms with van der Waals surface area (Å²) in [6, 6.07) is 3.71. The maximum absolute atomic E-state index is 11.8. The van der Waals surface area contributed by atoms with Crippen molar-refractivity contribution in [2.75, 3.05) is 0 Å². The predicted octanol–water partition coefficient (Wildman–Crippen LogP) is 1.32. The molecule has 1 unspecified atom stereocenters. The van der Waals surface area contributed by atoms with Gasteiger partial charge in [-0.15, -0.1) is 0 Å². The van der Waals surface area contributed by atoms with Crippen molar-refractivity contribution < 1.29 is 0 Å². The molecule has 1 atom stereocenters. The van der Waals surface area contributed by atoms with Crippen molar-refractivity contribution >= 4 is 0 Å². The summed E-state index contributed by atoms with van der Waals surface area (Å²) in [6.45, 7) is 4.84. The van der Waals surface area contributed by atoms with Gasteiger partial charge >= 0.3 is 0 Å². The summed E-state index contributed by atoms with van der Waals surface area (Å²) in [6.07, 6.45) is 3.29. The second kappa shape index (κ2) is 4.42. The molecule has 0 saturated carbocycles. The van der Waals surface area contributed by atoms with Gasteiger partial charge in [0, 0.05) is 24.3 Å². The number of hydrogen-bond acceptors (Lipinski definition) is 2. The molecule has 88 valence electrons. The molecule has 0 amide bonds. The summed E-state index contributed by atoms with van der Waals surface area (Å²) in [7, 11) is 0. The van der Waals surface area contributed by atoms with Crippen LogP contribution in [0.5, 0.6) is 0 Å². The molecule has 0 radical (unpaired) electrons. The van der Waals surface area contributed by atoms with Gasteiger partial charge in [0.2, 0.25) is 0 Å². The van der Waals surface area contributed by atoms with E-state index >= 15 is 0 Å². The number of aryl methyl sites for hydroxylation is 1. The third-order valence-electron chi connectivity index (χ3n) is 3.50. The van der Waals surface area contributed by atoms with Gasteiger partial charge < -0.3 is 10.3 Å². The number of fused-ring (bicyclic) bond motifs is 1. The van der Waals surface area contributed by atoms with Crippen molar-refractivity contribution in [2.45, 2.75) is 45.7 Å². The summed E-state index contributed by atoms with van der Waals surface area (Å²) in [5.74, 6) is 0.407. The van der Waals surface area contributed by atoms with E-state index in [2.05, 4.69) is 13.8 Å². The third-order valence-corrected chi connectivity index (χ3v) is 3.50. The molecule has 1 aliphatic carbocycles. The van der Waals surface area contributed by atoms with Crippen LogP contribution in [-0.4, -0.2) is 10.6 Å². The molecule has 0 bridgehead atoms. The lowest BCUT2D eigenvalue weighted by Crippen LogP contribution is -2.36. The van der Waals surface area contributed by atoms with E-state index in [4.69, 9.17) is 5.73 Å². The number of rotatable bonds is 3. The van der Waals surface area contributed by atoms with Crippen molar-refractivity contribution in [2.24, 2.45) is 11.7 Å². The summed E-state index contributed by atoms with van der Waals surface area (Å²) in [5.41, 5.74) is 8.69. The maximum Gasteiger partial charge on any atom is 0.250 e. The van der Waals surface area contributed by atoms with Gasteiger partial charge in [0.1, 0.15) is 0 Å². The topological polar surface area (TPSA) is 48.0 Å². The van der Waals surface area contributed by atoms with Crippen molar-refractivity contribution in [3.63, 3.8) is 0 Å². The van der Waals surface area contributed by atoms with Crippen LogP contribution in [0.2, 0.25) is 0 Å². The molecule has 0 fully saturated rings. The molecule has 0 aliphatic heterocycles. The minimum absolute atomic E-state index is 0.0600. The summed E-state index contributed by atoms with van der Waals surface area (Å²) >= 11 is 0. The fourth-order valence-electron chi connectivity index (χ4n) is 2.26. The van der Waals surface area contributed by atoms with Crippen molar-refractivity contribution in [1.82, 2.24) is 4.57 Å². The molecule has 1 heterocycles. The van der Waals surface area contributed by atoms with Gasteiger partial charge in [-0.05, 0) is 30.7 Å². The molecule has 0 aromatic carbocycles. The SMILES string of the molecule is CC(C)C(N)Cn1c2c(ccc1=O)CCC2. The first-order valence-electron chi connectivity index (χ1n) is 6.06. The second-order valence-corrected chi connectivity index (χ2v) is 5.02. The molecule has 3 nitrogen and oxygen atoms in total. The Morgan fingerprint density at radius 1 is 1.38 bits per heavy atom. The van der Waals surface area contributed by atoms with E-state index in [1.807, 2.05) is 10.6 Å². The lowest BCUT2D eigenvalue weighted by molar-refractivity contribution is 0.421. The minimum Gasteiger partial charge on any atom is -0.326 e. The van der Waals surface area contributed by atoms with Crippen LogP contribution in [0.4, 0.5) is 0 Å². The standard InChI is InChI=1S/C13H20N2O/c1-9(2)11(14)8-15-12-5-3-4-10(12)6-7-13(15)16/h6-7,9,11H,3-5,8,14H2,1-2H3. The lowest BCUT2D eigenvalue weighted by Gasteiger charge is -2.19. The van der Waals surface area contributed by atoms with E-state index in [0.717, 1.165) is 19.3 Å². The van der Waals surface area contributed by atoms with Crippen molar-refractivity contribution in [3.8, 4) is 0 Å². The first kappa shape index (κ1) is 11.4. The molecule has 3 heteroatoms. The molecule has 0 saturated heterocycles. The highest BCUT2D eigenvalue weighted by molar-refractivity contribution is 5.25. The monoisotopic (exact) mass is 220 g/mol. The first-order valence-corrected chi connectivity index (χ1v) is 6.06. The molecule has 1 aromatic rings. The van der Waals surface area contributed by atoms with E-state index in [1.165, 1.54) is 11.3 Å². The largest absolute Gasteiger partial charge is 0.326 e. The van der Waals surface area contributed by atoms with Gasteiger partial charge in [0.25, 0.3) is 5.56 Å². The summed E-state index contributed by atoms with van der Waals surface area (Å²) in [4.78, 5) is 11.8. The molecule has 0 spiro atoms. The average Bonchev–Trinajstić information content (AvgIpc) is 2.70. The van der Waals surface area contributed by atoms with Crippen molar-refractivity contribution in [3.05, 3.63) is 33.7 Å². The van der Waals surface area contributed by atoms with E-state index in [0.29, 0.717) is 12.5 Å². The molecular formula is C13H20N2O. The summed E-state index contributed by atoms with van der Waals surface area (Å²) in [5, 5.41) is 0. The second-order valence-electron chi connectivity index (χ2n) is 5.02. The summed E-state index contributed by atoms with van der Waals surface area (Å²) < 4.78 is 1.88. The number of nitrogens with zero attached hydrogens (tertiary/aromatic N) is 1. The Bertz CT molecular complexity index is 434. The quantitative estimate of drug-likeness (QED) is 0.835. The number of hydrogen-bond donors (Lipinski definition) is 1. The van der Waals surface area contributed by atoms with Gasteiger partial charge in [0.15, 0.2) is 0 Å². The van der Waals surface area contributed by atoms with Gasteiger partial charge in [-0.1, -0.05) is 19.9 Å². The number of aromatic nitrogens is 1. The molecule has 16 heavy (non-hydrogen) atoms. The van der Waals surface area contributed by atoms with Crippen LogP contribution in [0.25, 0.3) is 0 Å². The highest BCUT2D eigenvalue weighted by Gasteiger charge is 2.18. The zero-order chi connectivity index (χ0) is 11.7. The molecule has 2 rings (SSSR count). The van der Waals surface area contributed by atoms with Gasteiger partial charge in [-0.2, -0.15) is 0 Å². The molecule has 1 aromatic heterocycles. The Balaban J connectivity index is 2.33. The molecule has 2 N–H and O–H groups in total. The highest BCUT2D eigenvalue weighted by atomic mass is 16.1. The maximum atomic E-state index is 11.8. The van der Waals surface area contributed by atoms with Crippen LogP contribution in [0, 0.1) is 5.92 Å². The normalized spacial score (nSPS) is 16.5. The average molecular weight is 220 g/mol. The van der Waals surface area contributed by atoms with E-state index in [-0.39, 0.29) is 11.6 Å². The third kappa shape index (κ3) is 2.05. The lowest BCUT2D eigenvalue weighted by atomic mass is 10.1. The highest BCUT2D eigenvalue weighted by Crippen LogP contribution is 2.20. The van der Waals surface area contributed by atoms with Crippen LogP contribution >= 0.6 is 0 Å². The van der Waals surface area contributed by atoms with Crippen LogP contribution in [-0.2, 0) is 19.4 Å². The van der Waals surface area contributed by atoms with Crippen LogP contribution in [0.15, 0.2) is 16.9 Å². The van der Waals surface area contributed by atoms with Gasteiger partial charge in [0.05, 0.1) is 0 Å². The van der Waals surface area contributed by atoms with E-state index in [1.54, 1.807) is 6.07 Å². The fraction of sp³-hybridized carbons (Fsp3) is 0.615. The van der Waals surface area contributed by atoms with Crippen LogP contribution in [0.1, 0.15) is 31.5 Å². The Kier molecular flexibility index (Phi) is 3.15. The number of nitrogens with two attached hydrogens (primary N) is 1. The van der Waals surface area contributed by atoms with E-state index in [9.17, 15) is 4.79 Å². The smallest absolute Gasteiger partial charge is 0.250 e. The minimum atomic E-state index is 0.0600. The Morgan fingerprint density at radius 2 is 2.12 bits per heavy atom. The Labute approximate surface area is 96.3 Å². The van der Waals surface area contributed by atoms with Crippen LogP contribution < -0.4 is 11.3 Å². The van der Waals surface area contributed by atoms with E-state index < -0.39 is 0 Å². The first-order chi connectivity index (χ1) is 7.59. The molecular weight excluding hydrogens is 200 g/mol. The molecule has 1 aliphatic rings. The Morgan fingerprint density at radius 3 is 2.81 bits per heavy atom. The number of pyridine rings is 1.